The monoisotopic (exact) mass is 458 g/mol. The Kier molecular flexibility index (Phi) is 8.39. The minimum absolute atomic E-state index is 0.218. The first-order chi connectivity index (χ1) is 15.9. The summed E-state index contributed by atoms with van der Waals surface area (Å²) in [6, 6.07) is 7.73. The van der Waals surface area contributed by atoms with Gasteiger partial charge in [-0.15, -0.1) is 0 Å². The van der Waals surface area contributed by atoms with Crippen LogP contribution in [0.4, 0.5) is 5.82 Å². The number of carbonyl (C=O) groups excluding carboxylic acids is 2. The molecule has 1 aromatic heterocycles. The number of imidazole rings is 1. The molecule has 0 radical (unpaired) electrons. The molecule has 178 valence electrons. The van der Waals surface area contributed by atoms with Crippen molar-refractivity contribution in [3.8, 4) is 5.75 Å². The Morgan fingerprint density at radius 3 is 2.64 bits per heavy atom. The summed E-state index contributed by atoms with van der Waals surface area (Å²) < 4.78 is 12.4. The van der Waals surface area contributed by atoms with E-state index in [0.29, 0.717) is 18.6 Å². The number of benzene rings is 1. The number of esters is 1. The number of hydrogen-bond acceptors (Lipinski definition) is 7. The van der Waals surface area contributed by atoms with E-state index in [-0.39, 0.29) is 24.4 Å². The van der Waals surface area contributed by atoms with Crippen LogP contribution in [0, 0.1) is 10.1 Å². The van der Waals surface area contributed by atoms with Crippen LogP contribution in [-0.4, -0.2) is 57.1 Å². The lowest BCUT2D eigenvalue weighted by molar-refractivity contribution is -0.389. The van der Waals surface area contributed by atoms with Crippen LogP contribution >= 0.6 is 0 Å². The van der Waals surface area contributed by atoms with Gasteiger partial charge in [-0.2, -0.15) is 0 Å². The van der Waals surface area contributed by atoms with Gasteiger partial charge < -0.3 is 24.5 Å². The third-order valence-electron chi connectivity index (χ3n) is 5.82. The lowest BCUT2D eigenvalue weighted by Crippen LogP contribution is -2.44. The van der Waals surface area contributed by atoms with E-state index >= 15 is 0 Å². The zero-order valence-electron chi connectivity index (χ0n) is 19.0. The number of likely N-dealkylation sites (tertiary alicyclic amines) is 1. The summed E-state index contributed by atoms with van der Waals surface area (Å²) in [6.45, 7) is 2.32. The summed E-state index contributed by atoms with van der Waals surface area (Å²) in [6.07, 6.45) is 6.79. The number of ether oxygens (including phenoxy) is 2. The molecule has 10 nitrogen and oxygen atoms in total. The predicted molar refractivity (Wildman–Crippen MR) is 120 cm³/mol. The van der Waals surface area contributed by atoms with E-state index in [1.54, 1.807) is 0 Å². The van der Waals surface area contributed by atoms with Gasteiger partial charge in [0.1, 0.15) is 30.1 Å². The molecule has 0 saturated carbocycles. The maximum absolute atomic E-state index is 13.7. The third-order valence-corrected chi connectivity index (χ3v) is 5.82. The highest BCUT2D eigenvalue weighted by molar-refractivity contribution is 5.87. The number of unbranched alkanes of at least 4 members (excludes halogenated alkanes) is 3. The number of nitro groups is 1. The highest BCUT2D eigenvalue weighted by atomic mass is 16.6. The van der Waals surface area contributed by atoms with Gasteiger partial charge in [0.05, 0.1) is 13.7 Å². The smallest absolute Gasteiger partial charge is 0.381 e. The fourth-order valence-corrected chi connectivity index (χ4v) is 4.12. The molecule has 0 aliphatic carbocycles. The number of carbonyl (C=O) groups is 2. The molecule has 1 saturated heterocycles. The van der Waals surface area contributed by atoms with Crippen LogP contribution in [0.15, 0.2) is 42.9 Å². The van der Waals surface area contributed by atoms with Gasteiger partial charge in [-0.25, -0.2) is 4.79 Å². The van der Waals surface area contributed by atoms with Crippen molar-refractivity contribution < 1.29 is 24.0 Å². The molecule has 1 aliphatic heterocycles. The first kappa shape index (κ1) is 24.2. The molecule has 2 heterocycles. The molecule has 0 N–H and O–H groups in total. The van der Waals surface area contributed by atoms with E-state index < -0.39 is 23.0 Å². The highest BCUT2D eigenvalue weighted by Gasteiger charge is 2.44. The van der Waals surface area contributed by atoms with E-state index in [1.807, 2.05) is 30.3 Å². The second-order valence-electron chi connectivity index (χ2n) is 8.12. The van der Waals surface area contributed by atoms with Crippen LogP contribution in [0.2, 0.25) is 0 Å². The van der Waals surface area contributed by atoms with Crippen LogP contribution in [0.5, 0.6) is 5.75 Å². The number of rotatable bonds is 11. The molecule has 2 aromatic rings. The maximum Gasteiger partial charge on any atom is 0.381 e. The molecular formula is C23H30N4O6. The number of hydrogen-bond donors (Lipinski definition) is 0. The quantitative estimate of drug-likeness (QED) is 0.219. The first-order valence-electron chi connectivity index (χ1n) is 11.2. The van der Waals surface area contributed by atoms with E-state index in [0.717, 1.165) is 25.7 Å². The van der Waals surface area contributed by atoms with Crippen molar-refractivity contribution in [1.29, 1.82) is 0 Å². The Bertz CT molecular complexity index is 947. The molecule has 10 heteroatoms. The van der Waals surface area contributed by atoms with Crippen molar-refractivity contribution in [2.75, 3.05) is 13.7 Å². The molecule has 1 amide bonds. The van der Waals surface area contributed by atoms with Crippen molar-refractivity contribution in [2.24, 2.45) is 0 Å². The van der Waals surface area contributed by atoms with Crippen molar-refractivity contribution in [3.63, 3.8) is 0 Å². The lowest BCUT2D eigenvalue weighted by Gasteiger charge is -2.27. The summed E-state index contributed by atoms with van der Waals surface area (Å²) in [4.78, 5) is 42.0. The van der Waals surface area contributed by atoms with E-state index in [4.69, 9.17) is 9.47 Å². The van der Waals surface area contributed by atoms with E-state index in [9.17, 15) is 19.7 Å². The average Bonchev–Trinajstić information content (AvgIpc) is 3.47. The second-order valence-corrected chi connectivity index (χ2v) is 8.12. The minimum Gasteiger partial charge on any atom is -0.488 e. The minimum atomic E-state index is -0.784. The standard InChI is InChI=1S/C23H30N4O6/c1-3-4-5-9-12-19(25-15-21(24-16-25)27(30)31)22(28)26-14-18(13-20(26)23(29)32-2)33-17-10-7-6-8-11-17/h6-8,10-11,15-16,18-20H,3-5,9,12-14H2,1-2H3/t18-,19+,20-/m0/s1. The number of amides is 1. The Morgan fingerprint density at radius 2 is 2.00 bits per heavy atom. The van der Waals surface area contributed by atoms with Crippen LogP contribution < -0.4 is 4.74 Å². The Balaban J connectivity index is 1.82. The van der Waals surface area contributed by atoms with Gasteiger partial charge in [0.15, 0.2) is 0 Å². The molecule has 3 rings (SSSR count). The zero-order valence-corrected chi connectivity index (χ0v) is 19.0. The predicted octanol–water partition coefficient (Wildman–Crippen LogP) is 3.52. The van der Waals surface area contributed by atoms with Gasteiger partial charge in [-0.3, -0.25) is 9.36 Å². The fourth-order valence-electron chi connectivity index (χ4n) is 4.12. The van der Waals surface area contributed by atoms with Gasteiger partial charge >= 0.3 is 11.8 Å². The van der Waals surface area contributed by atoms with Crippen LogP contribution in [0.1, 0.15) is 51.5 Å². The first-order valence-corrected chi connectivity index (χ1v) is 11.2. The topological polar surface area (TPSA) is 117 Å². The van der Waals surface area contributed by atoms with Crippen LogP contribution in [-0.2, 0) is 14.3 Å². The van der Waals surface area contributed by atoms with Crippen LogP contribution in [0.25, 0.3) is 0 Å². The zero-order chi connectivity index (χ0) is 23.8. The molecule has 1 fully saturated rings. The molecule has 0 spiro atoms. The molecular weight excluding hydrogens is 428 g/mol. The van der Waals surface area contributed by atoms with Crippen LogP contribution in [0.3, 0.4) is 0 Å². The van der Waals surface area contributed by atoms with Crippen molar-refractivity contribution in [3.05, 3.63) is 53.0 Å². The van der Waals surface area contributed by atoms with Gasteiger partial charge in [0.25, 0.3) is 0 Å². The van der Waals surface area contributed by atoms with Crippen molar-refractivity contribution >= 4 is 17.7 Å². The second kappa shape index (κ2) is 11.4. The average molecular weight is 459 g/mol. The lowest BCUT2D eigenvalue weighted by atomic mass is 10.1. The normalized spacial score (nSPS) is 18.7. The van der Waals surface area contributed by atoms with Gasteiger partial charge in [0.2, 0.25) is 12.2 Å². The summed E-state index contributed by atoms with van der Waals surface area (Å²) in [5.74, 6) is -0.475. The molecule has 0 unspecified atom stereocenters. The summed E-state index contributed by atoms with van der Waals surface area (Å²) in [7, 11) is 1.29. The number of nitrogens with zero attached hydrogens (tertiary/aromatic N) is 4. The highest BCUT2D eigenvalue weighted by Crippen LogP contribution is 2.29. The molecule has 3 atom stereocenters. The van der Waals surface area contributed by atoms with E-state index in [1.165, 1.54) is 29.1 Å². The van der Waals surface area contributed by atoms with Gasteiger partial charge in [-0.1, -0.05) is 50.8 Å². The fraction of sp³-hybridized carbons (Fsp3) is 0.522. The van der Waals surface area contributed by atoms with Gasteiger partial charge in [-0.05, 0) is 28.5 Å². The summed E-state index contributed by atoms with van der Waals surface area (Å²) in [5.41, 5.74) is 0. The maximum atomic E-state index is 13.7. The Labute approximate surface area is 192 Å². The number of para-hydroxylation sites is 1. The number of methoxy groups -OCH3 is 1. The Hall–Kier alpha value is -3.43. The van der Waals surface area contributed by atoms with Crippen molar-refractivity contribution in [2.45, 2.75) is 63.6 Å². The third kappa shape index (κ3) is 6.09. The SMILES string of the molecule is CCCCCC[C@H](C(=O)N1C[C@@H](Oc2ccccc2)C[C@H]1C(=O)OC)n1cnc([N+](=O)[O-])c1. The molecule has 1 aliphatic rings. The number of aromatic nitrogens is 2. The summed E-state index contributed by atoms with van der Waals surface area (Å²) >= 11 is 0. The summed E-state index contributed by atoms with van der Waals surface area (Å²) in [5, 5.41) is 11.1. The Morgan fingerprint density at radius 1 is 1.24 bits per heavy atom. The van der Waals surface area contributed by atoms with E-state index in [2.05, 4.69) is 11.9 Å². The van der Waals surface area contributed by atoms with Gasteiger partial charge in [0, 0.05) is 6.42 Å². The molecule has 0 bridgehead atoms. The molecule has 1 aromatic carbocycles. The molecule has 33 heavy (non-hydrogen) atoms. The van der Waals surface area contributed by atoms with Crippen molar-refractivity contribution in [1.82, 2.24) is 14.5 Å². The largest absolute Gasteiger partial charge is 0.488 e.